The van der Waals surface area contributed by atoms with Crippen LogP contribution in [0, 0.1) is 23.7 Å². The van der Waals surface area contributed by atoms with Crippen LogP contribution in [-0.4, -0.2) is 11.6 Å². The van der Waals surface area contributed by atoms with Crippen molar-refractivity contribution in [1.82, 2.24) is 0 Å². The average molecular weight is 1040 g/mol. The van der Waals surface area contributed by atoms with Gasteiger partial charge in [0.2, 0.25) is 0 Å². The molecule has 81 heavy (non-hydrogen) atoms. The Balaban J connectivity index is 0.922. The zero-order valence-electron chi connectivity index (χ0n) is 44.6. The molecule has 0 atom stereocenters. The summed E-state index contributed by atoms with van der Waals surface area (Å²) in [5.74, 6) is 15.0. The molecule has 2 aliphatic rings. The van der Waals surface area contributed by atoms with Crippen molar-refractivity contribution in [2.24, 2.45) is 0 Å². The van der Waals surface area contributed by atoms with Crippen LogP contribution in [0.3, 0.4) is 0 Å². The smallest absolute Gasteiger partial charge is 0.195 e. The third kappa shape index (κ3) is 11.3. The maximum Gasteiger partial charge on any atom is 0.195 e. The fourth-order valence-electron chi connectivity index (χ4n) is 11.0. The van der Waals surface area contributed by atoms with Crippen LogP contribution in [0.1, 0.15) is 66.8 Å². The highest BCUT2D eigenvalue weighted by molar-refractivity contribution is 6.60. The minimum absolute atomic E-state index is 0.00844. The summed E-state index contributed by atoms with van der Waals surface area (Å²) in [6, 6.07) is 93.5. The number of benzene rings is 10. The molecule has 2 aliphatic carbocycles. The largest absolute Gasteiger partial charge is 0.457 e. The van der Waals surface area contributed by atoms with Crippen molar-refractivity contribution in [3.63, 3.8) is 0 Å². The van der Waals surface area contributed by atoms with E-state index in [9.17, 15) is 4.79 Å². The van der Waals surface area contributed by atoms with Gasteiger partial charge in [0, 0.05) is 70.3 Å². The van der Waals surface area contributed by atoms with Crippen LogP contribution in [0.25, 0.3) is 44.6 Å². The molecule has 0 aliphatic heterocycles. The molecular weight excluding hydrogens is 985 g/mol. The van der Waals surface area contributed by atoms with Gasteiger partial charge >= 0.3 is 0 Å². The second-order valence-electron chi connectivity index (χ2n) is 20.1. The Morgan fingerprint density at radius 3 is 0.753 bits per heavy atom. The van der Waals surface area contributed by atoms with E-state index in [0.29, 0.717) is 59.5 Å². The lowest BCUT2D eigenvalue weighted by molar-refractivity contribution is -0.109. The zero-order chi connectivity index (χ0) is 54.7. The van der Waals surface area contributed by atoms with E-state index in [1.165, 1.54) is 11.1 Å². The van der Waals surface area contributed by atoms with Gasteiger partial charge in [-0.2, -0.15) is 0 Å². The number of hydrogen-bond donors (Lipinski definition) is 0. The number of ketones is 2. The van der Waals surface area contributed by atoms with E-state index in [-0.39, 0.29) is 11.6 Å². The van der Waals surface area contributed by atoms with E-state index in [4.69, 9.17) is 4.74 Å². The van der Waals surface area contributed by atoms with Crippen LogP contribution in [0.2, 0.25) is 0 Å². The van der Waals surface area contributed by atoms with E-state index < -0.39 is 0 Å². The second-order valence-corrected chi connectivity index (χ2v) is 20.1. The van der Waals surface area contributed by atoms with Crippen molar-refractivity contribution >= 4 is 56.2 Å². The Morgan fingerprint density at radius 1 is 0.222 bits per heavy atom. The molecule has 0 spiro atoms. The first-order chi connectivity index (χ1) is 40.0. The summed E-state index contributed by atoms with van der Waals surface area (Å²) >= 11 is 0. The fraction of sp³-hybridized carbons (Fsp3) is 0.0513. The first-order valence-corrected chi connectivity index (χ1v) is 27.4. The second kappa shape index (κ2) is 24.0. The van der Waals surface area contributed by atoms with Gasteiger partial charge in [-0.3, -0.25) is 9.59 Å². The number of carbonyl (C=O) groups excluding carboxylic acids is 2. The van der Waals surface area contributed by atoms with E-state index in [1.54, 1.807) is 0 Å². The molecule has 10 aromatic rings. The molecule has 0 bridgehead atoms. The molecule has 0 heterocycles. The average Bonchev–Trinajstić information content (AvgIpc) is 4.13. The molecule has 0 radical (unpaired) electrons. The highest BCUT2D eigenvalue weighted by atomic mass is 16.5. The van der Waals surface area contributed by atoms with Crippen LogP contribution in [0.4, 0.5) is 0 Å². The molecule has 0 fully saturated rings. The molecule has 12 rings (SSSR count). The zero-order valence-corrected chi connectivity index (χ0v) is 44.6. The van der Waals surface area contributed by atoms with Gasteiger partial charge in [-0.25, -0.2) is 0 Å². The molecular formula is C78H54O3. The lowest BCUT2D eigenvalue weighted by Gasteiger charge is -2.16. The van der Waals surface area contributed by atoms with Gasteiger partial charge in [0.15, 0.2) is 11.6 Å². The maximum atomic E-state index is 15.5. The van der Waals surface area contributed by atoms with Crippen molar-refractivity contribution in [3.8, 4) is 35.2 Å². The number of Topliss-reactive ketones (excluding diaryl/α,β-unsaturated/α-hetero) is 2. The summed E-state index contributed by atoms with van der Waals surface area (Å²) in [5, 5.41) is 0. The van der Waals surface area contributed by atoms with Crippen LogP contribution in [0.15, 0.2) is 279 Å². The van der Waals surface area contributed by atoms with E-state index in [1.807, 2.05) is 212 Å². The summed E-state index contributed by atoms with van der Waals surface area (Å²) in [6.07, 6.45) is 2.39. The van der Waals surface area contributed by atoms with Crippen LogP contribution < -0.4 is 4.74 Å². The Morgan fingerprint density at radius 2 is 0.457 bits per heavy atom. The third-order valence-electron chi connectivity index (χ3n) is 14.7. The summed E-state index contributed by atoms with van der Waals surface area (Å²) in [6.45, 7) is 0. The Labute approximate surface area is 474 Å². The van der Waals surface area contributed by atoms with Gasteiger partial charge < -0.3 is 4.74 Å². The third-order valence-corrected chi connectivity index (χ3v) is 14.7. The summed E-state index contributed by atoms with van der Waals surface area (Å²) in [5.41, 5.74) is 17.7. The molecule has 3 nitrogen and oxygen atoms in total. The SMILES string of the molecule is O=C1C(c2ccccc2)=C(c2ccccc2)C(c2ccc(Oc3ccc(C4=C(c5ccccc5)C(=O)C(c5ccccc5)=C4c4cc(CC#CCc5ccccc5)cc(CC#CCc5ccccc5)c4)cc3)cc2)=C1c1ccccc1. The number of hydrogen-bond acceptors (Lipinski definition) is 3. The highest BCUT2D eigenvalue weighted by Crippen LogP contribution is 2.52. The predicted octanol–water partition coefficient (Wildman–Crippen LogP) is 17.3. The lowest BCUT2D eigenvalue weighted by Crippen LogP contribution is -2.02. The molecule has 3 heteroatoms. The Bertz CT molecular complexity index is 4110. The quantitative estimate of drug-likeness (QED) is 0.102. The van der Waals surface area contributed by atoms with Crippen LogP contribution >= 0.6 is 0 Å². The van der Waals surface area contributed by atoms with Crippen molar-refractivity contribution in [3.05, 3.63) is 346 Å². The van der Waals surface area contributed by atoms with Crippen molar-refractivity contribution < 1.29 is 14.3 Å². The normalized spacial score (nSPS) is 13.0. The minimum atomic E-state index is -0.0364. The molecule has 0 saturated carbocycles. The fourth-order valence-corrected chi connectivity index (χ4v) is 11.0. The first-order valence-electron chi connectivity index (χ1n) is 27.4. The van der Waals surface area contributed by atoms with E-state index in [0.717, 1.165) is 77.9 Å². The summed E-state index contributed by atoms with van der Waals surface area (Å²) in [4.78, 5) is 30.3. The molecule has 0 N–H and O–H groups in total. The van der Waals surface area contributed by atoms with Crippen LogP contribution in [0.5, 0.6) is 11.5 Å². The molecule has 0 amide bonds. The topological polar surface area (TPSA) is 43.4 Å². The maximum absolute atomic E-state index is 15.5. The highest BCUT2D eigenvalue weighted by Gasteiger charge is 2.37. The van der Waals surface area contributed by atoms with Crippen LogP contribution in [-0.2, 0) is 35.3 Å². The van der Waals surface area contributed by atoms with Crippen molar-refractivity contribution in [2.75, 3.05) is 0 Å². The minimum Gasteiger partial charge on any atom is -0.457 e. The van der Waals surface area contributed by atoms with E-state index >= 15 is 4.79 Å². The lowest BCUT2D eigenvalue weighted by atomic mass is 9.87. The molecule has 384 valence electrons. The molecule has 10 aromatic carbocycles. The van der Waals surface area contributed by atoms with Gasteiger partial charge in [0.1, 0.15) is 11.5 Å². The number of carbonyl (C=O) groups is 2. The molecule has 0 aromatic heterocycles. The predicted molar refractivity (Wildman–Crippen MR) is 332 cm³/mol. The van der Waals surface area contributed by atoms with Gasteiger partial charge in [-0.1, -0.05) is 278 Å². The number of ether oxygens (including phenoxy) is 1. The summed E-state index contributed by atoms with van der Waals surface area (Å²) in [7, 11) is 0. The first kappa shape index (κ1) is 51.2. The number of rotatable bonds is 14. The Hall–Kier alpha value is -10.6. The van der Waals surface area contributed by atoms with E-state index in [2.05, 4.69) is 90.4 Å². The van der Waals surface area contributed by atoms with Gasteiger partial charge in [0.25, 0.3) is 0 Å². The van der Waals surface area contributed by atoms with Gasteiger partial charge in [-0.15, -0.1) is 0 Å². The van der Waals surface area contributed by atoms with Gasteiger partial charge in [0.05, 0.1) is 0 Å². The summed E-state index contributed by atoms with van der Waals surface area (Å²) < 4.78 is 6.65. The molecule has 0 saturated heterocycles. The standard InChI is InChI=1S/C78H54O3/c79-77-73(60-36-14-4-15-37-60)69(59-34-12-3-13-35-59)70(74(77)61-38-16-5-17-39-61)64-44-48-67(49-45-64)81-68-50-46-65(47-51-68)71-72(76(63-42-20-7-21-43-63)78(80)75(71)62-40-18-6-19-41-62)66-53-57(32-24-22-30-55-26-8-1-9-27-55)52-58(54-66)33-25-23-31-56-28-10-2-11-29-56/h1-21,26-29,34-54H,30-33H2. The Kier molecular flexibility index (Phi) is 15.2. The monoisotopic (exact) mass is 1040 g/mol. The number of allylic oxidation sites excluding steroid dienone is 8. The van der Waals surface area contributed by atoms with Gasteiger partial charge in [-0.05, 0) is 91.0 Å². The molecule has 0 unspecified atom stereocenters. The van der Waals surface area contributed by atoms with Crippen molar-refractivity contribution in [1.29, 1.82) is 0 Å². The van der Waals surface area contributed by atoms with Crippen molar-refractivity contribution in [2.45, 2.75) is 25.7 Å².